The first kappa shape index (κ1) is 19.7. The van der Waals surface area contributed by atoms with Crippen molar-refractivity contribution in [1.29, 1.82) is 0 Å². The van der Waals surface area contributed by atoms with Crippen molar-refractivity contribution in [3.05, 3.63) is 76.2 Å². The standard InChI is InChI=1S/C25H24N4OS/c1-4-22-19(10-13-31-22)17-8-9-18-15-29(25(30)20(18)14-17)23-7-5-6-21(27-23)24-26-11-12-28(24)16(2)3/h5-14,16H,4,15H2,1-3H3. The molecule has 0 radical (unpaired) electrons. The van der Waals surface area contributed by atoms with Crippen LogP contribution in [0.4, 0.5) is 5.82 Å². The molecule has 0 aliphatic carbocycles. The predicted octanol–water partition coefficient (Wildman–Crippen LogP) is 5.98. The van der Waals surface area contributed by atoms with Crippen molar-refractivity contribution in [2.75, 3.05) is 4.90 Å². The lowest BCUT2D eigenvalue weighted by Gasteiger charge is -2.16. The lowest BCUT2D eigenvalue weighted by atomic mass is 10.0. The maximum absolute atomic E-state index is 13.3. The van der Waals surface area contributed by atoms with E-state index in [4.69, 9.17) is 4.98 Å². The number of aryl methyl sites for hydroxylation is 1. The third kappa shape index (κ3) is 3.37. The van der Waals surface area contributed by atoms with E-state index in [-0.39, 0.29) is 11.9 Å². The number of rotatable bonds is 5. The molecule has 4 aromatic rings. The lowest BCUT2D eigenvalue weighted by molar-refractivity contribution is 0.0996. The topological polar surface area (TPSA) is 51.0 Å². The maximum atomic E-state index is 13.3. The number of anilines is 1. The van der Waals surface area contributed by atoms with Gasteiger partial charge in [0.15, 0.2) is 5.82 Å². The fraction of sp³-hybridized carbons (Fsp3) is 0.240. The summed E-state index contributed by atoms with van der Waals surface area (Å²) in [7, 11) is 0. The summed E-state index contributed by atoms with van der Waals surface area (Å²) in [6.45, 7) is 6.93. The molecule has 0 atom stereocenters. The minimum atomic E-state index is 0.00183. The minimum Gasteiger partial charge on any atom is -0.327 e. The smallest absolute Gasteiger partial charge is 0.260 e. The Morgan fingerprint density at radius 3 is 2.81 bits per heavy atom. The number of nitrogens with zero attached hydrogens (tertiary/aromatic N) is 4. The van der Waals surface area contributed by atoms with Gasteiger partial charge in [0.25, 0.3) is 5.91 Å². The molecule has 4 heterocycles. The van der Waals surface area contributed by atoms with Gasteiger partial charge in [-0.2, -0.15) is 0 Å². The summed E-state index contributed by atoms with van der Waals surface area (Å²) in [6.07, 6.45) is 4.74. The molecule has 0 unspecified atom stereocenters. The summed E-state index contributed by atoms with van der Waals surface area (Å²) in [5.41, 5.74) is 4.90. The highest BCUT2D eigenvalue weighted by atomic mass is 32.1. The van der Waals surface area contributed by atoms with Crippen LogP contribution < -0.4 is 4.90 Å². The molecule has 3 aromatic heterocycles. The van der Waals surface area contributed by atoms with E-state index >= 15 is 0 Å². The van der Waals surface area contributed by atoms with Gasteiger partial charge >= 0.3 is 0 Å². The highest BCUT2D eigenvalue weighted by Gasteiger charge is 2.30. The molecule has 6 heteroatoms. The van der Waals surface area contributed by atoms with Gasteiger partial charge in [-0.3, -0.25) is 9.69 Å². The molecule has 0 N–H and O–H groups in total. The number of carbonyl (C=O) groups is 1. The summed E-state index contributed by atoms with van der Waals surface area (Å²) < 4.78 is 2.09. The van der Waals surface area contributed by atoms with Gasteiger partial charge < -0.3 is 4.57 Å². The first-order chi connectivity index (χ1) is 15.1. The normalized spacial score (nSPS) is 13.3. The number of carbonyl (C=O) groups excluding carboxylic acids is 1. The molecule has 1 aliphatic heterocycles. The van der Waals surface area contributed by atoms with E-state index in [1.165, 1.54) is 10.4 Å². The first-order valence-electron chi connectivity index (χ1n) is 10.6. The highest BCUT2D eigenvalue weighted by Crippen LogP contribution is 2.34. The number of benzene rings is 1. The van der Waals surface area contributed by atoms with Crippen LogP contribution in [0, 0.1) is 0 Å². The molecule has 31 heavy (non-hydrogen) atoms. The van der Waals surface area contributed by atoms with Gasteiger partial charge in [0, 0.05) is 28.9 Å². The average Bonchev–Trinajstić information content (AvgIpc) is 3.52. The van der Waals surface area contributed by atoms with Crippen LogP contribution in [0.3, 0.4) is 0 Å². The average molecular weight is 429 g/mol. The number of thiophene rings is 1. The molecule has 1 aliphatic rings. The van der Waals surface area contributed by atoms with Crippen molar-refractivity contribution in [3.63, 3.8) is 0 Å². The van der Waals surface area contributed by atoms with E-state index in [1.807, 2.05) is 30.5 Å². The van der Waals surface area contributed by atoms with Crippen LogP contribution in [-0.2, 0) is 13.0 Å². The number of hydrogen-bond acceptors (Lipinski definition) is 4. The Morgan fingerprint density at radius 1 is 1.13 bits per heavy atom. The number of pyridine rings is 1. The van der Waals surface area contributed by atoms with E-state index in [2.05, 4.69) is 53.9 Å². The maximum Gasteiger partial charge on any atom is 0.260 e. The fourth-order valence-corrected chi connectivity index (χ4v) is 5.00. The Bertz CT molecular complexity index is 1270. The number of aromatic nitrogens is 3. The molecular weight excluding hydrogens is 404 g/mol. The zero-order chi connectivity index (χ0) is 21.5. The molecule has 0 bridgehead atoms. The number of fused-ring (bicyclic) bond motifs is 1. The molecule has 1 aromatic carbocycles. The van der Waals surface area contributed by atoms with Crippen LogP contribution >= 0.6 is 11.3 Å². The number of amides is 1. The Hall–Kier alpha value is -3.25. The highest BCUT2D eigenvalue weighted by molar-refractivity contribution is 7.10. The van der Waals surface area contributed by atoms with E-state index in [9.17, 15) is 4.79 Å². The second-order valence-corrected chi connectivity index (χ2v) is 9.01. The second kappa shape index (κ2) is 7.78. The summed E-state index contributed by atoms with van der Waals surface area (Å²) >= 11 is 1.77. The van der Waals surface area contributed by atoms with E-state index in [0.29, 0.717) is 12.4 Å². The summed E-state index contributed by atoms with van der Waals surface area (Å²) in [5.74, 6) is 1.47. The van der Waals surface area contributed by atoms with E-state index < -0.39 is 0 Å². The van der Waals surface area contributed by atoms with Gasteiger partial charge in [-0.25, -0.2) is 9.97 Å². The monoisotopic (exact) mass is 428 g/mol. The van der Waals surface area contributed by atoms with Crippen molar-refractivity contribution < 1.29 is 4.79 Å². The van der Waals surface area contributed by atoms with Crippen LogP contribution in [0.2, 0.25) is 0 Å². The third-order valence-corrected chi connectivity index (χ3v) is 6.82. The Labute approximate surface area is 186 Å². The van der Waals surface area contributed by atoms with Crippen LogP contribution in [0.5, 0.6) is 0 Å². The van der Waals surface area contributed by atoms with Crippen LogP contribution in [-0.4, -0.2) is 20.4 Å². The number of imidazole rings is 1. The Morgan fingerprint density at radius 2 is 2.00 bits per heavy atom. The van der Waals surface area contributed by atoms with Gasteiger partial charge in [0.1, 0.15) is 11.5 Å². The van der Waals surface area contributed by atoms with Crippen LogP contribution in [0.25, 0.3) is 22.6 Å². The molecular formula is C25H24N4OS. The van der Waals surface area contributed by atoms with Gasteiger partial charge in [-0.05, 0) is 66.6 Å². The fourth-order valence-electron chi connectivity index (χ4n) is 4.15. The molecule has 5 nitrogen and oxygen atoms in total. The van der Waals surface area contributed by atoms with Crippen molar-refractivity contribution >= 4 is 23.1 Å². The van der Waals surface area contributed by atoms with Gasteiger partial charge in [0.05, 0.1) is 6.54 Å². The zero-order valence-corrected chi connectivity index (χ0v) is 18.7. The predicted molar refractivity (Wildman–Crippen MR) is 125 cm³/mol. The van der Waals surface area contributed by atoms with Crippen molar-refractivity contribution in [3.8, 4) is 22.6 Å². The minimum absolute atomic E-state index is 0.00183. The molecule has 0 saturated carbocycles. The van der Waals surface area contributed by atoms with Crippen LogP contribution in [0.1, 0.15) is 47.6 Å². The molecule has 0 spiro atoms. The molecule has 5 rings (SSSR count). The Kier molecular flexibility index (Phi) is 4.94. The largest absolute Gasteiger partial charge is 0.327 e. The molecule has 0 saturated heterocycles. The van der Waals surface area contributed by atoms with Crippen molar-refractivity contribution in [1.82, 2.24) is 14.5 Å². The summed E-state index contributed by atoms with van der Waals surface area (Å²) in [6, 6.07) is 14.4. The van der Waals surface area contributed by atoms with Gasteiger partial charge in [0.2, 0.25) is 0 Å². The van der Waals surface area contributed by atoms with Gasteiger partial charge in [-0.15, -0.1) is 11.3 Å². The van der Waals surface area contributed by atoms with Crippen molar-refractivity contribution in [2.45, 2.75) is 39.8 Å². The molecule has 0 fully saturated rings. The SMILES string of the molecule is CCc1sccc1-c1ccc2c(c1)C(=O)N(c1cccc(-c3nccn3C(C)C)n1)C2. The lowest BCUT2D eigenvalue weighted by Crippen LogP contribution is -2.24. The van der Waals surface area contributed by atoms with Crippen LogP contribution in [0.15, 0.2) is 60.2 Å². The second-order valence-electron chi connectivity index (χ2n) is 8.01. The quantitative estimate of drug-likeness (QED) is 0.393. The first-order valence-corrected chi connectivity index (χ1v) is 11.5. The van der Waals surface area contributed by atoms with E-state index in [0.717, 1.165) is 34.6 Å². The zero-order valence-electron chi connectivity index (χ0n) is 17.9. The molecule has 156 valence electrons. The summed E-state index contributed by atoms with van der Waals surface area (Å²) in [5, 5.41) is 2.12. The number of hydrogen-bond donors (Lipinski definition) is 0. The molecule has 1 amide bonds. The van der Waals surface area contributed by atoms with Gasteiger partial charge in [-0.1, -0.05) is 25.1 Å². The van der Waals surface area contributed by atoms with Crippen molar-refractivity contribution in [2.24, 2.45) is 0 Å². The van der Waals surface area contributed by atoms with E-state index in [1.54, 1.807) is 22.4 Å². The summed E-state index contributed by atoms with van der Waals surface area (Å²) in [4.78, 5) is 25.7. The third-order valence-electron chi connectivity index (χ3n) is 5.76. The Balaban J connectivity index is 1.48.